The smallest absolute Gasteiger partial charge is 0.291 e. The molecule has 3 aromatic heterocycles. The van der Waals surface area contributed by atoms with Crippen LogP contribution in [0.5, 0.6) is 0 Å². The van der Waals surface area contributed by atoms with Gasteiger partial charge < -0.3 is 4.74 Å². The van der Waals surface area contributed by atoms with Crippen LogP contribution in [-0.2, 0) is 4.74 Å². The first kappa shape index (κ1) is 18.2. The van der Waals surface area contributed by atoms with Gasteiger partial charge in [0, 0.05) is 37.5 Å². The maximum absolute atomic E-state index is 13.4. The van der Waals surface area contributed by atoms with Crippen molar-refractivity contribution in [3.05, 3.63) is 61.3 Å². The summed E-state index contributed by atoms with van der Waals surface area (Å²) >= 11 is 0. The van der Waals surface area contributed by atoms with E-state index in [2.05, 4.69) is 19.9 Å². The van der Waals surface area contributed by atoms with Gasteiger partial charge in [-0.3, -0.25) is 9.78 Å². The molecule has 0 radical (unpaired) electrons. The Balaban J connectivity index is 1.63. The minimum atomic E-state index is -0.170. The molecular formula is C20H22N6O2. The highest BCUT2D eigenvalue weighted by atomic mass is 16.5. The van der Waals surface area contributed by atoms with Crippen LogP contribution in [0.1, 0.15) is 36.2 Å². The van der Waals surface area contributed by atoms with E-state index in [0.717, 1.165) is 31.2 Å². The fourth-order valence-electron chi connectivity index (χ4n) is 3.64. The van der Waals surface area contributed by atoms with Crippen molar-refractivity contribution in [1.82, 2.24) is 24.6 Å². The number of rotatable bonds is 5. The maximum atomic E-state index is 13.4. The van der Waals surface area contributed by atoms with Crippen LogP contribution in [0, 0.1) is 0 Å². The number of hydrogen-bond acceptors (Lipinski definition) is 6. The second-order valence-corrected chi connectivity index (χ2v) is 6.78. The van der Waals surface area contributed by atoms with Gasteiger partial charge in [-0.05, 0) is 43.9 Å². The molecule has 0 aromatic carbocycles. The minimum Gasteiger partial charge on any atom is -0.381 e. The number of amides is 1. The first-order valence-electron chi connectivity index (χ1n) is 9.33. The van der Waals surface area contributed by atoms with Gasteiger partial charge in [0.15, 0.2) is 0 Å². The van der Waals surface area contributed by atoms with Crippen molar-refractivity contribution in [3.63, 3.8) is 0 Å². The topological polar surface area (TPSA) is 86.0 Å². The number of imidazole rings is 1. The van der Waals surface area contributed by atoms with Gasteiger partial charge in [-0.15, -0.1) is 0 Å². The van der Waals surface area contributed by atoms with E-state index in [1.54, 1.807) is 54.0 Å². The predicted octanol–water partition coefficient (Wildman–Crippen LogP) is 2.47. The van der Waals surface area contributed by atoms with Gasteiger partial charge >= 0.3 is 0 Å². The van der Waals surface area contributed by atoms with Crippen molar-refractivity contribution in [1.29, 1.82) is 0 Å². The number of nitrogens with zero attached hydrogens (tertiary/aromatic N) is 6. The summed E-state index contributed by atoms with van der Waals surface area (Å²) in [5.41, 5.74) is 1.93. The molecule has 0 unspecified atom stereocenters. The van der Waals surface area contributed by atoms with E-state index in [-0.39, 0.29) is 18.1 Å². The number of ether oxygens (including phenoxy) is 1. The molecule has 0 bridgehead atoms. The van der Waals surface area contributed by atoms with Gasteiger partial charge in [0.1, 0.15) is 18.3 Å². The Morgan fingerprint density at radius 1 is 1.11 bits per heavy atom. The molecule has 0 saturated heterocycles. The van der Waals surface area contributed by atoms with Gasteiger partial charge in [-0.25, -0.2) is 24.6 Å². The molecule has 1 aliphatic carbocycles. The zero-order valence-electron chi connectivity index (χ0n) is 15.7. The standard InChI is InChI=1S/C20H22N6O2/c1-28-17-4-2-16(3-5-17)26(25-11-10-22-14-25)20(27)19-12-18(23-13-24-19)15-6-8-21-9-7-15/h6-14,16-17H,2-5H2,1H3. The van der Waals surface area contributed by atoms with Gasteiger partial charge in [0.2, 0.25) is 0 Å². The first-order valence-corrected chi connectivity index (χ1v) is 9.33. The molecule has 0 atom stereocenters. The molecule has 0 N–H and O–H groups in total. The fourth-order valence-corrected chi connectivity index (χ4v) is 3.64. The molecule has 3 heterocycles. The number of aromatic nitrogens is 5. The van der Waals surface area contributed by atoms with Crippen LogP contribution in [0.4, 0.5) is 0 Å². The highest BCUT2D eigenvalue weighted by Gasteiger charge is 2.31. The van der Waals surface area contributed by atoms with Crippen molar-refractivity contribution in [3.8, 4) is 11.3 Å². The lowest BCUT2D eigenvalue weighted by Gasteiger charge is -2.36. The van der Waals surface area contributed by atoms with Crippen LogP contribution in [-0.4, -0.2) is 49.8 Å². The van der Waals surface area contributed by atoms with Crippen LogP contribution in [0.25, 0.3) is 11.3 Å². The van der Waals surface area contributed by atoms with E-state index < -0.39 is 0 Å². The summed E-state index contributed by atoms with van der Waals surface area (Å²) in [7, 11) is 1.74. The average molecular weight is 378 g/mol. The lowest BCUT2D eigenvalue weighted by molar-refractivity contribution is 0.0606. The highest BCUT2D eigenvalue weighted by Crippen LogP contribution is 2.25. The van der Waals surface area contributed by atoms with Crippen LogP contribution < -0.4 is 5.01 Å². The second-order valence-electron chi connectivity index (χ2n) is 6.78. The Kier molecular flexibility index (Phi) is 5.38. The summed E-state index contributed by atoms with van der Waals surface area (Å²) in [6.45, 7) is 0. The van der Waals surface area contributed by atoms with Gasteiger partial charge in [0.25, 0.3) is 5.91 Å². The molecular weight excluding hydrogens is 356 g/mol. The van der Waals surface area contributed by atoms with Gasteiger partial charge in [0.05, 0.1) is 17.8 Å². The van der Waals surface area contributed by atoms with Gasteiger partial charge in [-0.2, -0.15) is 0 Å². The number of hydrogen-bond donors (Lipinski definition) is 0. The van der Waals surface area contributed by atoms with E-state index in [1.807, 2.05) is 12.1 Å². The minimum absolute atomic E-state index is 0.0624. The van der Waals surface area contributed by atoms with Crippen molar-refractivity contribution >= 4 is 5.91 Å². The Labute approximate surface area is 163 Å². The molecule has 4 rings (SSSR count). The maximum Gasteiger partial charge on any atom is 0.291 e. The van der Waals surface area contributed by atoms with Gasteiger partial charge in [-0.1, -0.05) is 0 Å². The second kappa shape index (κ2) is 8.26. The molecule has 1 aliphatic rings. The summed E-state index contributed by atoms with van der Waals surface area (Å²) in [4.78, 5) is 30.1. The van der Waals surface area contributed by atoms with E-state index >= 15 is 0 Å². The fraction of sp³-hybridized carbons (Fsp3) is 0.350. The third kappa shape index (κ3) is 3.77. The van der Waals surface area contributed by atoms with E-state index in [4.69, 9.17) is 4.74 Å². The van der Waals surface area contributed by atoms with Crippen LogP contribution in [0.2, 0.25) is 0 Å². The SMILES string of the molecule is COC1CCC(N(C(=O)c2cc(-c3ccncc3)ncn2)n2ccnc2)CC1. The van der Waals surface area contributed by atoms with Crippen LogP contribution in [0.3, 0.4) is 0 Å². The third-order valence-electron chi connectivity index (χ3n) is 5.13. The van der Waals surface area contributed by atoms with Crippen molar-refractivity contribution in [2.45, 2.75) is 37.8 Å². The summed E-state index contributed by atoms with van der Waals surface area (Å²) < 4.78 is 7.22. The lowest BCUT2D eigenvalue weighted by Crippen LogP contribution is -2.50. The third-order valence-corrected chi connectivity index (χ3v) is 5.13. The van der Waals surface area contributed by atoms with E-state index in [9.17, 15) is 4.79 Å². The van der Waals surface area contributed by atoms with Crippen LogP contribution in [0.15, 0.2) is 55.6 Å². The predicted molar refractivity (Wildman–Crippen MR) is 103 cm³/mol. The summed E-state index contributed by atoms with van der Waals surface area (Å²) in [6.07, 6.45) is 13.8. The summed E-state index contributed by atoms with van der Waals surface area (Å²) in [5.74, 6) is -0.170. The molecule has 1 saturated carbocycles. The van der Waals surface area contributed by atoms with E-state index in [0.29, 0.717) is 11.4 Å². The van der Waals surface area contributed by atoms with Crippen molar-refractivity contribution in [2.24, 2.45) is 0 Å². The Bertz CT molecular complexity index is 907. The number of methoxy groups -OCH3 is 1. The average Bonchev–Trinajstić information content (AvgIpc) is 3.29. The largest absolute Gasteiger partial charge is 0.381 e. The van der Waals surface area contributed by atoms with E-state index in [1.165, 1.54) is 6.33 Å². The number of pyridine rings is 1. The molecule has 8 nitrogen and oxygen atoms in total. The molecule has 0 spiro atoms. The summed E-state index contributed by atoms with van der Waals surface area (Å²) in [5, 5.41) is 1.75. The first-order chi connectivity index (χ1) is 13.8. The molecule has 0 aliphatic heterocycles. The van der Waals surface area contributed by atoms with Crippen molar-refractivity contribution in [2.75, 3.05) is 12.1 Å². The lowest BCUT2D eigenvalue weighted by atomic mass is 9.92. The zero-order valence-corrected chi connectivity index (χ0v) is 15.7. The molecule has 8 heteroatoms. The molecule has 28 heavy (non-hydrogen) atoms. The zero-order chi connectivity index (χ0) is 19.3. The Morgan fingerprint density at radius 3 is 2.57 bits per heavy atom. The number of carbonyl (C=O) groups excluding carboxylic acids is 1. The Morgan fingerprint density at radius 2 is 1.89 bits per heavy atom. The molecule has 1 amide bonds. The molecule has 3 aromatic rings. The Hall–Kier alpha value is -3.13. The molecule has 144 valence electrons. The van der Waals surface area contributed by atoms with Crippen LogP contribution >= 0.6 is 0 Å². The van der Waals surface area contributed by atoms with Crippen molar-refractivity contribution < 1.29 is 9.53 Å². The number of carbonyl (C=O) groups is 1. The molecule has 1 fully saturated rings. The quantitative estimate of drug-likeness (QED) is 0.678. The summed E-state index contributed by atoms with van der Waals surface area (Å²) in [6, 6.07) is 5.50. The monoisotopic (exact) mass is 378 g/mol. The normalized spacial score (nSPS) is 19.3. The highest BCUT2D eigenvalue weighted by molar-refractivity contribution is 6.00.